The van der Waals surface area contributed by atoms with Gasteiger partial charge in [0.25, 0.3) is 0 Å². The first-order chi connectivity index (χ1) is 7.38. The quantitative estimate of drug-likeness (QED) is 0.752. The van der Waals surface area contributed by atoms with Gasteiger partial charge in [-0.25, -0.2) is 13.6 Å². The fourth-order valence-electron chi connectivity index (χ4n) is 1.67. The molecule has 0 unspecified atom stereocenters. The van der Waals surface area contributed by atoms with E-state index in [4.69, 9.17) is 9.88 Å². The second-order valence-electron chi connectivity index (χ2n) is 3.61. The van der Waals surface area contributed by atoms with Crippen molar-refractivity contribution in [3.05, 3.63) is 11.4 Å². The summed E-state index contributed by atoms with van der Waals surface area (Å²) in [5.74, 6) is 0. The molecule has 0 aliphatic heterocycles. The van der Waals surface area contributed by atoms with E-state index in [-0.39, 0.29) is 4.90 Å². The fourth-order valence-corrected chi connectivity index (χ4v) is 2.64. The molecule has 1 aromatic rings. The Kier molecular flexibility index (Phi) is 4.06. The van der Waals surface area contributed by atoms with Crippen LogP contribution in [-0.4, -0.2) is 31.9 Å². The van der Waals surface area contributed by atoms with Gasteiger partial charge >= 0.3 is 0 Å². The second kappa shape index (κ2) is 4.94. The van der Waals surface area contributed by atoms with Gasteiger partial charge in [-0.2, -0.15) is 5.10 Å². The van der Waals surface area contributed by atoms with Gasteiger partial charge in [0.2, 0.25) is 10.0 Å². The van der Waals surface area contributed by atoms with Gasteiger partial charge in [0.15, 0.2) is 0 Å². The van der Waals surface area contributed by atoms with Gasteiger partial charge in [0.1, 0.15) is 4.90 Å². The summed E-state index contributed by atoms with van der Waals surface area (Å²) in [6, 6.07) is 0. The molecular formula is C9H17N3O3S. The first-order valence-electron chi connectivity index (χ1n) is 4.93. The summed E-state index contributed by atoms with van der Waals surface area (Å²) < 4.78 is 29.2. The van der Waals surface area contributed by atoms with Gasteiger partial charge in [0.05, 0.1) is 11.4 Å². The highest BCUT2D eigenvalue weighted by Crippen LogP contribution is 2.17. The molecule has 2 N–H and O–H groups in total. The van der Waals surface area contributed by atoms with E-state index in [1.54, 1.807) is 25.6 Å². The van der Waals surface area contributed by atoms with Gasteiger partial charge in [0, 0.05) is 20.3 Å². The van der Waals surface area contributed by atoms with Crippen LogP contribution in [0.2, 0.25) is 0 Å². The van der Waals surface area contributed by atoms with Crippen molar-refractivity contribution in [2.75, 3.05) is 13.7 Å². The Labute approximate surface area is 95.4 Å². The molecule has 0 atom stereocenters. The number of aryl methyl sites for hydroxylation is 2. The lowest BCUT2D eigenvalue weighted by atomic mass is 10.4. The number of hydrogen-bond donors (Lipinski definition) is 1. The fraction of sp³-hybridized carbons (Fsp3) is 0.667. The molecule has 0 aliphatic rings. The molecule has 0 aliphatic carbocycles. The number of methoxy groups -OCH3 is 1. The van der Waals surface area contributed by atoms with Crippen molar-refractivity contribution in [2.24, 2.45) is 5.14 Å². The van der Waals surface area contributed by atoms with Crippen LogP contribution in [0.1, 0.15) is 17.8 Å². The zero-order chi connectivity index (χ0) is 12.3. The Morgan fingerprint density at radius 3 is 2.50 bits per heavy atom. The smallest absolute Gasteiger partial charge is 0.241 e. The minimum Gasteiger partial charge on any atom is -0.385 e. The molecule has 92 valence electrons. The first-order valence-corrected chi connectivity index (χ1v) is 6.48. The predicted molar refractivity (Wildman–Crippen MR) is 59.6 cm³/mol. The molecule has 0 amide bonds. The molecule has 6 nitrogen and oxygen atoms in total. The van der Waals surface area contributed by atoms with E-state index in [0.29, 0.717) is 24.5 Å². The average molecular weight is 247 g/mol. The Morgan fingerprint density at radius 1 is 1.44 bits per heavy atom. The number of aromatic nitrogens is 2. The molecular weight excluding hydrogens is 230 g/mol. The minimum atomic E-state index is -3.69. The maximum atomic E-state index is 11.3. The zero-order valence-corrected chi connectivity index (χ0v) is 10.5. The van der Waals surface area contributed by atoms with Crippen molar-refractivity contribution in [2.45, 2.75) is 31.7 Å². The lowest BCUT2D eigenvalue weighted by Gasteiger charge is -2.04. The normalized spacial score (nSPS) is 12.0. The standard InChI is InChI=1S/C9H17N3O3S/c1-7-9(16(10,13)14)8(2)12(11-7)5-4-6-15-3/h4-6H2,1-3H3,(H2,10,13,14). The molecule has 1 rings (SSSR count). The summed E-state index contributed by atoms with van der Waals surface area (Å²) in [6.45, 7) is 4.57. The number of nitrogens with zero attached hydrogens (tertiary/aromatic N) is 2. The van der Waals surface area contributed by atoms with Crippen LogP contribution in [0.4, 0.5) is 0 Å². The Hall–Kier alpha value is -0.920. The van der Waals surface area contributed by atoms with E-state index < -0.39 is 10.0 Å². The Balaban J connectivity index is 2.99. The molecule has 16 heavy (non-hydrogen) atoms. The molecule has 0 bridgehead atoms. The third-order valence-corrected chi connectivity index (χ3v) is 3.48. The number of hydrogen-bond acceptors (Lipinski definition) is 4. The third-order valence-electron chi connectivity index (χ3n) is 2.32. The van der Waals surface area contributed by atoms with Crippen LogP contribution in [-0.2, 0) is 21.3 Å². The Morgan fingerprint density at radius 2 is 2.06 bits per heavy atom. The molecule has 1 heterocycles. The van der Waals surface area contributed by atoms with E-state index >= 15 is 0 Å². The average Bonchev–Trinajstić information content (AvgIpc) is 2.41. The van der Waals surface area contributed by atoms with Crippen LogP contribution in [0, 0.1) is 13.8 Å². The molecule has 0 radical (unpaired) electrons. The van der Waals surface area contributed by atoms with Gasteiger partial charge < -0.3 is 4.74 Å². The van der Waals surface area contributed by atoms with Crippen molar-refractivity contribution in [3.8, 4) is 0 Å². The summed E-state index contributed by atoms with van der Waals surface area (Å²) in [6.07, 6.45) is 0.780. The van der Waals surface area contributed by atoms with Gasteiger partial charge in [-0.3, -0.25) is 4.68 Å². The lowest BCUT2D eigenvalue weighted by Crippen LogP contribution is -2.14. The molecule has 0 saturated heterocycles. The zero-order valence-electron chi connectivity index (χ0n) is 9.73. The number of rotatable bonds is 5. The largest absolute Gasteiger partial charge is 0.385 e. The highest BCUT2D eigenvalue weighted by Gasteiger charge is 2.20. The van der Waals surface area contributed by atoms with Crippen LogP contribution in [0.15, 0.2) is 4.90 Å². The molecule has 0 saturated carbocycles. The van der Waals surface area contributed by atoms with Crippen molar-refractivity contribution in [3.63, 3.8) is 0 Å². The molecule has 0 aromatic carbocycles. The lowest BCUT2D eigenvalue weighted by molar-refractivity contribution is 0.188. The van der Waals surface area contributed by atoms with Crippen LogP contribution in [0.3, 0.4) is 0 Å². The summed E-state index contributed by atoms with van der Waals surface area (Å²) >= 11 is 0. The maximum Gasteiger partial charge on any atom is 0.241 e. The highest BCUT2D eigenvalue weighted by atomic mass is 32.2. The summed E-state index contributed by atoms with van der Waals surface area (Å²) in [5.41, 5.74) is 1.02. The van der Waals surface area contributed by atoms with Crippen molar-refractivity contribution >= 4 is 10.0 Å². The van der Waals surface area contributed by atoms with Crippen molar-refractivity contribution in [1.29, 1.82) is 0 Å². The summed E-state index contributed by atoms with van der Waals surface area (Å²) in [4.78, 5) is 0.130. The van der Waals surface area contributed by atoms with Crippen LogP contribution >= 0.6 is 0 Å². The van der Waals surface area contributed by atoms with Gasteiger partial charge in [-0.1, -0.05) is 0 Å². The number of ether oxygens (including phenoxy) is 1. The topological polar surface area (TPSA) is 87.2 Å². The van der Waals surface area contributed by atoms with E-state index in [1.165, 1.54) is 0 Å². The van der Waals surface area contributed by atoms with Crippen LogP contribution in [0.5, 0.6) is 0 Å². The number of sulfonamides is 1. The van der Waals surface area contributed by atoms with Crippen LogP contribution in [0.25, 0.3) is 0 Å². The van der Waals surface area contributed by atoms with Gasteiger partial charge in [-0.15, -0.1) is 0 Å². The Bertz CT molecular complexity index is 465. The second-order valence-corrected chi connectivity index (χ2v) is 5.11. The monoisotopic (exact) mass is 247 g/mol. The van der Waals surface area contributed by atoms with Gasteiger partial charge in [-0.05, 0) is 20.3 Å². The van der Waals surface area contributed by atoms with Crippen molar-refractivity contribution < 1.29 is 13.2 Å². The van der Waals surface area contributed by atoms with Crippen molar-refractivity contribution in [1.82, 2.24) is 9.78 Å². The summed E-state index contributed by atoms with van der Waals surface area (Å²) in [5, 5.41) is 9.27. The van der Waals surface area contributed by atoms with E-state index in [1.807, 2.05) is 0 Å². The number of nitrogens with two attached hydrogens (primary N) is 1. The highest BCUT2D eigenvalue weighted by molar-refractivity contribution is 7.89. The molecule has 0 spiro atoms. The number of primary sulfonamides is 1. The molecule has 7 heteroatoms. The summed E-state index contributed by atoms with van der Waals surface area (Å²) in [7, 11) is -2.07. The van der Waals surface area contributed by atoms with E-state index in [9.17, 15) is 8.42 Å². The van der Waals surface area contributed by atoms with E-state index in [2.05, 4.69) is 5.10 Å². The predicted octanol–water partition coefficient (Wildman–Crippen LogP) is 0.184. The first kappa shape index (κ1) is 13.1. The maximum absolute atomic E-state index is 11.3. The van der Waals surface area contributed by atoms with Crippen LogP contribution < -0.4 is 5.14 Å². The third kappa shape index (κ3) is 2.81. The SMILES string of the molecule is COCCCn1nc(C)c(S(N)(=O)=O)c1C. The molecule has 1 aromatic heterocycles. The van der Waals surface area contributed by atoms with E-state index in [0.717, 1.165) is 6.42 Å². The minimum absolute atomic E-state index is 0.130. The molecule has 0 fully saturated rings.